The Bertz CT molecular complexity index is 3900. The fourth-order valence-corrected chi connectivity index (χ4v) is 9.21. The molecule has 8 heterocycles. The summed E-state index contributed by atoms with van der Waals surface area (Å²) in [4.78, 5) is 88.1. The first-order valence-electron chi connectivity index (χ1n) is 29.1. The number of Topliss-reactive ketones (excluding diaryl/α,β-unsaturated/α-hetero) is 1. The molecule has 0 amide bonds. The van der Waals surface area contributed by atoms with Crippen molar-refractivity contribution in [1.82, 2.24) is 24.9 Å². The van der Waals surface area contributed by atoms with Crippen LogP contribution < -0.4 is 5.73 Å². The molecule has 2 saturated heterocycles. The van der Waals surface area contributed by atoms with Crippen molar-refractivity contribution in [3.05, 3.63) is 245 Å². The highest BCUT2D eigenvalue weighted by atomic mass is 127. The third-order valence-electron chi connectivity index (χ3n) is 11.7. The zero-order valence-corrected chi connectivity index (χ0v) is 61.6. The maximum atomic E-state index is 13.5. The number of aromatic carboxylic acids is 1. The molecule has 8 rings (SSSR count). The number of ether oxygens (including phenoxy) is 6. The van der Waals surface area contributed by atoms with Crippen LogP contribution in [0.2, 0.25) is 0 Å². The van der Waals surface area contributed by atoms with Crippen LogP contribution >= 0.6 is 68.4 Å². The van der Waals surface area contributed by atoms with Crippen LogP contribution in [0.4, 0.5) is 53.5 Å². The van der Waals surface area contributed by atoms with Gasteiger partial charge in [0.15, 0.2) is 6.10 Å². The number of nitro groups is 3. The number of aromatic nitrogens is 5. The van der Waals surface area contributed by atoms with Gasteiger partial charge in [-0.1, -0.05) is 89.2 Å². The molecule has 4 atom stereocenters. The Morgan fingerprint density at radius 3 is 1.39 bits per heavy atom. The highest BCUT2D eigenvalue weighted by Crippen LogP contribution is 2.35. The molecule has 0 spiro atoms. The van der Waals surface area contributed by atoms with Crippen LogP contribution in [0.3, 0.4) is 0 Å². The van der Waals surface area contributed by atoms with E-state index in [4.69, 9.17) is 57.7 Å². The topological polar surface area (TPSA) is 364 Å². The second-order valence-corrected chi connectivity index (χ2v) is 25.0. The molecule has 0 aromatic carbocycles. The van der Waals surface area contributed by atoms with Crippen LogP contribution in [0.15, 0.2) is 128 Å². The molecule has 3 aliphatic heterocycles. The number of nitrogens with zero attached hydrogens (tertiary/aromatic N) is 8. The number of rotatable bonds is 13. The number of carbonyl (C=O) groups excluding carboxylic acids is 3. The zero-order chi connectivity index (χ0) is 79.7. The van der Waals surface area contributed by atoms with E-state index in [0.717, 1.165) is 44.4 Å². The van der Waals surface area contributed by atoms with Crippen LogP contribution in [0.1, 0.15) is 110 Å². The Hall–Kier alpha value is -8.71. The summed E-state index contributed by atoms with van der Waals surface area (Å²) in [6, 6.07) is 2.32. The summed E-state index contributed by atoms with van der Waals surface area (Å²) >= 11 is 15.2. The minimum atomic E-state index is -1.53. The van der Waals surface area contributed by atoms with E-state index in [9.17, 15) is 93.4 Å². The van der Waals surface area contributed by atoms with Crippen molar-refractivity contribution < 1.29 is 111 Å². The molecular formula is C64H67Cl2F10I2N9O17. The van der Waals surface area contributed by atoms with Crippen molar-refractivity contribution in [2.24, 2.45) is 5.73 Å². The second kappa shape index (κ2) is 45.5. The van der Waals surface area contributed by atoms with E-state index >= 15 is 0 Å². The van der Waals surface area contributed by atoms with Gasteiger partial charge in [0.2, 0.25) is 47.3 Å². The monoisotopic (exact) mass is 1750 g/mol. The van der Waals surface area contributed by atoms with Crippen LogP contribution in [0, 0.1) is 89.2 Å². The molecule has 5 aromatic rings. The number of alkyl halides is 4. The molecule has 0 bridgehead atoms. The van der Waals surface area contributed by atoms with Crippen LogP contribution in [-0.2, 0) is 28.4 Å². The molecule has 0 saturated carbocycles. The summed E-state index contributed by atoms with van der Waals surface area (Å²) in [6.07, 6.45) is 0.0730. The van der Waals surface area contributed by atoms with Gasteiger partial charge >= 0.3 is 18.3 Å². The van der Waals surface area contributed by atoms with E-state index in [0.29, 0.717) is 72.9 Å². The Kier molecular flexibility index (Phi) is 40.8. The summed E-state index contributed by atoms with van der Waals surface area (Å²) in [5, 5.41) is 40.0. The summed E-state index contributed by atoms with van der Waals surface area (Å²) in [6.45, 7) is 27.6. The first-order valence-corrected chi connectivity index (χ1v) is 33.2. The van der Waals surface area contributed by atoms with Crippen LogP contribution in [0.25, 0.3) is 5.76 Å². The molecule has 5 aromatic heterocycles. The Morgan fingerprint density at radius 2 is 1.01 bits per heavy atom. The van der Waals surface area contributed by atoms with E-state index in [1.54, 1.807) is 41.5 Å². The molecule has 104 heavy (non-hydrogen) atoms. The van der Waals surface area contributed by atoms with Crippen molar-refractivity contribution >= 4 is 98.2 Å². The zero-order valence-electron chi connectivity index (χ0n) is 55.8. The number of hydrogen-bond acceptors (Lipinski definition) is 22. The predicted octanol–water partition coefficient (Wildman–Crippen LogP) is 15.2. The summed E-state index contributed by atoms with van der Waals surface area (Å²) in [7, 11) is 0. The van der Waals surface area contributed by atoms with Gasteiger partial charge in [-0.05, 0) is 95.0 Å². The SMILES string of the molecule is C=C(CCl)CCl.C=C(CI)CI.C=C1COC(c2cc(F)cnc2F)=C([N+](=O)[O-])C1.C=C1CO[C@H](c2cc(F)cnc2F)[C@@H](N)C1.C=C1CO[C@H](c2cc(F)cnc2F)[C@@H]([N+](=O)[O-])C1.CC(C)(C)OC(=O)OC(=O)OC(C)(C)C.O=C(C[N+](=O)[O-])c1cc(F)cnc1F.O=C(O)c1cc(F)cnc1F. The molecule has 568 valence electrons. The lowest BCUT2D eigenvalue weighted by atomic mass is 9.95. The lowest BCUT2D eigenvalue weighted by Crippen LogP contribution is -2.36. The van der Waals surface area contributed by atoms with Gasteiger partial charge in [0.1, 0.15) is 58.6 Å². The maximum absolute atomic E-state index is 13.5. The standard InChI is InChI=1S/C11H10F2N2O3.C11H8F2N2O3.C11H12F2N2O.C10H18O5.C7H4F2N2O3.C6H3F2NO2.C4H6Cl2.C4H6I2/c2*1-6-2-9(15(16)17)10(18-5-6)8-3-7(12)4-14-11(8)13;1-6-2-9(14)10(16-5-6)8-3-7(12)4-15-11(8)13;1-9(2,3)14-7(11)13-8(12)15-10(4,5)6;8-4-1-5(7(9)10-2-4)6(12)3-11(13)14;7-3-1-4(6(10)11)5(8)9-2-3;2*1-4(2-5)3-6/h3-4,9-10H,1-2,5H2;3-4H,1-2,5H2;3-4,9-10H,1-2,5,14H2;1-6H3;1-2H,3H2;1-2H,(H,10,11);2*1-3H2/t9-,10+;;9-,10+;;;;;/m0.0...../s1. The summed E-state index contributed by atoms with van der Waals surface area (Å²) in [5.74, 6) is -11.0. The number of carboxylic acids is 1. The van der Waals surface area contributed by atoms with Gasteiger partial charge < -0.3 is 39.3 Å². The van der Waals surface area contributed by atoms with Gasteiger partial charge in [0.05, 0.1) is 66.7 Å². The van der Waals surface area contributed by atoms with Gasteiger partial charge in [-0.3, -0.25) is 35.1 Å². The Balaban J connectivity index is 0.000000607. The third-order valence-corrected chi connectivity index (χ3v) is 14.6. The van der Waals surface area contributed by atoms with Crippen molar-refractivity contribution in [3.8, 4) is 0 Å². The Labute approximate surface area is 624 Å². The molecule has 40 heteroatoms. The number of nitrogens with two attached hydrogens (primary N) is 1. The van der Waals surface area contributed by atoms with E-state index in [2.05, 4.69) is 108 Å². The number of carbonyl (C=O) groups is 4. The summed E-state index contributed by atoms with van der Waals surface area (Å²) in [5.41, 5.74) is 6.19. The molecule has 2 fully saturated rings. The molecule has 3 N–H and O–H groups in total. The van der Waals surface area contributed by atoms with Gasteiger partial charge in [-0.2, -0.15) is 22.0 Å². The maximum Gasteiger partial charge on any atom is 0.519 e. The van der Waals surface area contributed by atoms with Crippen molar-refractivity contribution in [2.45, 2.75) is 96.3 Å². The average molecular weight is 1750 g/mol. The minimum absolute atomic E-state index is 0.0304. The predicted molar refractivity (Wildman–Crippen MR) is 372 cm³/mol. The molecular weight excluding hydrogens is 1680 g/mol. The van der Waals surface area contributed by atoms with Gasteiger partial charge in [-0.15, -0.1) is 23.2 Å². The van der Waals surface area contributed by atoms with Crippen molar-refractivity contribution in [3.63, 3.8) is 0 Å². The van der Waals surface area contributed by atoms with E-state index < -0.39 is 151 Å². The number of hydrogen-bond donors (Lipinski definition) is 2. The lowest BCUT2D eigenvalue weighted by molar-refractivity contribution is -0.539. The van der Waals surface area contributed by atoms with Gasteiger partial charge in [-0.25, -0.2) is 61.3 Å². The fraction of sp³-hybridized carbons (Fsp3) is 0.359. The quantitative estimate of drug-likeness (QED) is 0.0106. The van der Waals surface area contributed by atoms with Gasteiger partial charge in [0, 0.05) is 54.1 Å². The number of pyridine rings is 5. The normalized spacial score (nSPS) is 15.8. The van der Waals surface area contributed by atoms with E-state index in [1.165, 1.54) is 5.57 Å². The lowest BCUT2D eigenvalue weighted by Gasteiger charge is -2.30. The van der Waals surface area contributed by atoms with Crippen LogP contribution in [-0.4, -0.2) is 139 Å². The highest BCUT2D eigenvalue weighted by Gasteiger charge is 2.40. The minimum Gasteiger partial charge on any atom is -0.482 e. The number of ketones is 1. The summed E-state index contributed by atoms with van der Waals surface area (Å²) < 4.78 is 161. The second-order valence-electron chi connectivity index (χ2n) is 23.0. The van der Waals surface area contributed by atoms with Gasteiger partial charge in [0.25, 0.3) is 12.2 Å². The number of carboxylic acid groups (broad SMARTS) is 1. The Morgan fingerprint density at radius 1 is 0.606 bits per heavy atom. The fourth-order valence-electron chi connectivity index (χ4n) is 7.35. The smallest absolute Gasteiger partial charge is 0.482 e. The molecule has 3 aliphatic rings. The average Bonchev–Trinajstić information content (AvgIpc) is 0.822. The first-order chi connectivity index (χ1) is 48.3. The highest BCUT2D eigenvalue weighted by molar-refractivity contribution is 14.1. The molecule has 0 unspecified atom stereocenters. The van der Waals surface area contributed by atoms with Crippen molar-refractivity contribution in [2.75, 3.05) is 47.0 Å². The number of halogens is 14. The number of allylic oxidation sites excluding steroid dienone is 3. The third kappa shape index (κ3) is 35.7. The molecule has 0 radical (unpaired) electrons. The van der Waals surface area contributed by atoms with E-state index in [1.807, 2.05) is 0 Å². The first kappa shape index (κ1) is 93.3. The van der Waals surface area contributed by atoms with E-state index in [-0.39, 0.29) is 54.2 Å². The molecule has 0 aliphatic carbocycles. The molecule has 26 nitrogen and oxygen atoms in total. The van der Waals surface area contributed by atoms with Crippen LogP contribution in [0.5, 0.6) is 0 Å². The van der Waals surface area contributed by atoms with Crippen molar-refractivity contribution in [1.29, 1.82) is 0 Å². The largest absolute Gasteiger partial charge is 0.519 e.